The summed E-state index contributed by atoms with van der Waals surface area (Å²) in [6.45, 7) is 2.15. The van der Waals surface area contributed by atoms with Crippen molar-refractivity contribution in [3.8, 4) is 0 Å². The molecule has 0 aromatic heterocycles. The van der Waals surface area contributed by atoms with Gasteiger partial charge in [-0.1, -0.05) is 63.3 Å². The molecule has 1 unspecified atom stereocenters. The molecule has 0 radical (unpaired) electrons. The van der Waals surface area contributed by atoms with Crippen LogP contribution in [-0.4, -0.2) is 23.9 Å². The Morgan fingerprint density at radius 2 is 1.62 bits per heavy atom. The number of unbranched alkanes of at least 4 members (excludes halogenated alkanes) is 5. The number of hydrogen-bond acceptors (Lipinski definition) is 4. The van der Waals surface area contributed by atoms with Gasteiger partial charge in [-0.05, 0) is 36.8 Å². The fourth-order valence-corrected chi connectivity index (χ4v) is 3.04. The number of nitrogens with two attached hydrogens (primary N) is 1. The van der Waals surface area contributed by atoms with Crippen LogP contribution < -0.4 is 5.73 Å². The molecule has 0 heterocycles. The maximum absolute atomic E-state index is 10.4. The zero-order chi connectivity index (χ0) is 17.7. The second-order valence-electron chi connectivity index (χ2n) is 6.70. The number of rotatable bonds is 14. The lowest BCUT2D eigenvalue weighted by atomic mass is 9.93. The summed E-state index contributed by atoms with van der Waals surface area (Å²) in [5, 5.41) is 9.40. The van der Waals surface area contributed by atoms with Crippen LogP contribution in [0.25, 0.3) is 0 Å². The van der Waals surface area contributed by atoms with E-state index < -0.39 is 14.2 Å². The highest BCUT2D eigenvalue weighted by Gasteiger charge is 2.24. The summed E-state index contributed by atoms with van der Waals surface area (Å²) in [6, 6.07) is 8.64. The number of aliphatic hydroxyl groups excluding tert-OH is 1. The van der Waals surface area contributed by atoms with Crippen LogP contribution in [0.4, 0.5) is 0 Å². The van der Waals surface area contributed by atoms with Gasteiger partial charge >= 0.3 is 8.69 Å². The number of hydrogen-bond donors (Lipinski definition) is 2. The summed E-state index contributed by atoms with van der Waals surface area (Å²) in [5.74, 6) is 0. The van der Waals surface area contributed by atoms with Gasteiger partial charge in [0.05, 0.1) is 18.8 Å². The number of aliphatic hydroxyl groups is 1. The molecule has 0 aliphatic rings. The van der Waals surface area contributed by atoms with Gasteiger partial charge in [-0.2, -0.15) is 0 Å². The minimum atomic E-state index is -0.839. The first-order valence-electron chi connectivity index (χ1n) is 9.05. The molecule has 1 aromatic rings. The van der Waals surface area contributed by atoms with E-state index >= 15 is 0 Å². The Kier molecular flexibility index (Phi) is 11.1. The lowest BCUT2D eigenvalue weighted by Gasteiger charge is -2.25. The van der Waals surface area contributed by atoms with Crippen molar-refractivity contribution in [2.24, 2.45) is 5.73 Å². The van der Waals surface area contributed by atoms with Gasteiger partial charge in [0.15, 0.2) is 0 Å². The number of aryl methyl sites for hydroxylation is 2. The third-order valence-electron chi connectivity index (χ3n) is 4.47. The smallest absolute Gasteiger partial charge is 0.327 e. The van der Waals surface area contributed by atoms with Crippen molar-refractivity contribution in [1.29, 1.82) is 0 Å². The van der Waals surface area contributed by atoms with Crippen molar-refractivity contribution >= 4 is 8.69 Å². The van der Waals surface area contributed by atoms with Crippen LogP contribution in [0.1, 0.15) is 63.0 Å². The maximum Gasteiger partial charge on any atom is 0.327 e. The van der Waals surface area contributed by atoms with Gasteiger partial charge in [0, 0.05) is 0 Å². The highest BCUT2D eigenvalue weighted by atomic mass is 31.1. The molecule has 5 heteroatoms. The summed E-state index contributed by atoms with van der Waals surface area (Å²) < 4.78 is 15.2. The Morgan fingerprint density at radius 1 is 1.04 bits per heavy atom. The molecule has 0 bridgehead atoms. The first kappa shape index (κ1) is 21.2. The van der Waals surface area contributed by atoms with Gasteiger partial charge in [0.25, 0.3) is 0 Å². The molecule has 0 amide bonds. The van der Waals surface area contributed by atoms with Crippen molar-refractivity contribution in [2.75, 3.05) is 13.2 Å². The van der Waals surface area contributed by atoms with E-state index in [1.807, 2.05) is 0 Å². The first-order chi connectivity index (χ1) is 11.6. The normalized spacial score (nSPS) is 14.0. The Hall–Kier alpha value is -0.800. The summed E-state index contributed by atoms with van der Waals surface area (Å²) in [7, 11) is -0.399. The standard InChI is InChI=1S/C19H32NO3P/c1-2-3-4-5-6-7-8-17-9-11-18(12-10-17)13-14-19(20,15-21)16-23-24-22/h9-12,21H,2-8,13-16,20H2,1H3. The molecule has 0 aliphatic heterocycles. The minimum Gasteiger partial charge on any atom is -0.394 e. The van der Waals surface area contributed by atoms with E-state index in [1.165, 1.54) is 49.7 Å². The zero-order valence-corrected chi connectivity index (χ0v) is 15.8. The van der Waals surface area contributed by atoms with Gasteiger partial charge < -0.3 is 10.8 Å². The van der Waals surface area contributed by atoms with E-state index in [4.69, 9.17) is 10.3 Å². The highest BCUT2D eigenvalue weighted by molar-refractivity contribution is 7.17. The highest BCUT2D eigenvalue weighted by Crippen LogP contribution is 2.16. The fourth-order valence-electron chi connectivity index (χ4n) is 2.73. The van der Waals surface area contributed by atoms with E-state index in [-0.39, 0.29) is 13.2 Å². The predicted molar refractivity (Wildman–Crippen MR) is 99.4 cm³/mol. The zero-order valence-electron chi connectivity index (χ0n) is 14.9. The molecular formula is C19H32NO3P. The molecule has 136 valence electrons. The Labute approximate surface area is 148 Å². The van der Waals surface area contributed by atoms with Crippen molar-refractivity contribution in [3.63, 3.8) is 0 Å². The molecule has 0 saturated heterocycles. The molecule has 1 aromatic carbocycles. The topological polar surface area (TPSA) is 72.6 Å². The van der Waals surface area contributed by atoms with Gasteiger partial charge in [-0.3, -0.25) is 4.52 Å². The van der Waals surface area contributed by atoms with E-state index in [1.54, 1.807) is 0 Å². The van der Waals surface area contributed by atoms with Crippen LogP contribution in [0, 0.1) is 0 Å². The van der Waals surface area contributed by atoms with Crippen LogP contribution in [0.15, 0.2) is 24.3 Å². The maximum atomic E-state index is 10.4. The van der Waals surface area contributed by atoms with E-state index in [9.17, 15) is 9.67 Å². The Morgan fingerprint density at radius 3 is 2.21 bits per heavy atom. The van der Waals surface area contributed by atoms with Gasteiger partial charge in [-0.15, -0.1) is 0 Å². The van der Waals surface area contributed by atoms with Crippen LogP contribution in [-0.2, 0) is 21.9 Å². The van der Waals surface area contributed by atoms with E-state index in [0.717, 1.165) is 12.8 Å². The van der Waals surface area contributed by atoms with Crippen molar-refractivity contribution in [2.45, 2.75) is 70.3 Å². The van der Waals surface area contributed by atoms with Crippen LogP contribution in [0.5, 0.6) is 0 Å². The molecule has 0 spiro atoms. The molecule has 0 aliphatic carbocycles. The summed E-state index contributed by atoms with van der Waals surface area (Å²) >= 11 is 0. The SMILES string of the molecule is CCCCCCCCc1ccc(CCC(N)(CO)COP=O)cc1. The van der Waals surface area contributed by atoms with Crippen molar-refractivity contribution in [1.82, 2.24) is 0 Å². The third kappa shape index (κ3) is 8.89. The Bertz CT molecular complexity index is 452. The van der Waals surface area contributed by atoms with Crippen molar-refractivity contribution < 1.29 is 14.2 Å². The van der Waals surface area contributed by atoms with E-state index in [0.29, 0.717) is 6.42 Å². The molecule has 0 saturated carbocycles. The number of benzene rings is 1. The first-order valence-corrected chi connectivity index (χ1v) is 9.79. The molecule has 3 N–H and O–H groups in total. The van der Waals surface area contributed by atoms with Crippen LogP contribution in [0.2, 0.25) is 0 Å². The van der Waals surface area contributed by atoms with Gasteiger partial charge in [0.1, 0.15) is 0 Å². The Balaban J connectivity index is 2.32. The van der Waals surface area contributed by atoms with Crippen molar-refractivity contribution in [3.05, 3.63) is 35.4 Å². The van der Waals surface area contributed by atoms with Crippen LogP contribution >= 0.6 is 8.69 Å². The molecule has 1 rings (SSSR count). The molecular weight excluding hydrogens is 321 g/mol. The van der Waals surface area contributed by atoms with Gasteiger partial charge in [0.2, 0.25) is 0 Å². The lowest BCUT2D eigenvalue weighted by Crippen LogP contribution is -2.47. The molecule has 1 atom stereocenters. The minimum absolute atomic E-state index is 0.0880. The summed E-state index contributed by atoms with van der Waals surface area (Å²) in [4.78, 5) is 0. The lowest BCUT2D eigenvalue weighted by molar-refractivity contribution is 0.133. The summed E-state index contributed by atoms with van der Waals surface area (Å²) in [5.41, 5.74) is 7.80. The third-order valence-corrected chi connectivity index (χ3v) is 4.71. The molecule has 4 nitrogen and oxygen atoms in total. The van der Waals surface area contributed by atoms with Gasteiger partial charge in [-0.25, -0.2) is 4.57 Å². The average molecular weight is 353 g/mol. The second kappa shape index (κ2) is 12.5. The fraction of sp³-hybridized carbons (Fsp3) is 0.684. The van der Waals surface area contributed by atoms with Crippen LogP contribution in [0.3, 0.4) is 0 Å². The monoisotopic (exact) mass is 353 g/mol. The second-order valence-corrected chi connectivity index (χ2v) is 7.11. The average Bonchev–Trinajstić information content (AvgIpc) is 2.62. The molecule has 24 heavy (non-hydrogen) atoms. The summed E-state index contributed by atoms with van der Waals surface area (Å²) in [6.07, 6.45) is 10.4. The molecule has 0 fully saturated rings. The largest absolute Gasteiger partial charge is 0.394 e. The quantitative estimate of drug-likeness (QED) is 0.383. The predicted octanol–water partition coefficient (Wildman–Crippen LogP) is 4.44. The van der Waals surface area contributed by atoms with E-state index in [2.05, 4.69) is 31.2 Å².